The molecule has 0 spiro atoms. The zero-order chi connectivity index (χ0) is 26.0. The van der Waals surface area contributed by atoms with Crippen LogP contribution in [0.5, 0.6) is 0 Å². The number of benzene rings is 1. The summed E-state index contributed by atoms with van der Waals surface area (Å²) in [4.78, 5) is 3.48. The summed E-state index contributed by atoms with van der Waals surface area (Å²) in [5, 5.41) is -0.824. The Morgan fingerprint density at radius 1 is 1.06 bits per heavy atom. The number of halogens is 7. The van der Waals surface area contributed by atoms with Gasteiger partial charge in [-0.1, -0.05) is 0 Å². The molecule has 5 nitrogen and oxygen atoms in total. The van der Waals surface area contributed by atoms with Crippen molar-refractivity contribution in [2.24, 2.45) is 0 Å². The molecule has 1 N–H and O–H groups in total. The van der Waals surface area contributed by atoms with Crippen LogP contribution in [0.3, 0.4) is 0 Å². The summed E-state index contributed by atoms with van der Waals surface area (Å²) in [5.74, 6) is -2.45. The highest BCUT2D eigenvalue weighted by molar-refractivity contribution is 7.90. The number of nitrogens with zero attached hydrogens (tertiary/aromatic N) is 2. The highest BCUT2D eigenvalue weighted by Crippen LogP contribution is 2.43. The molecule has 2 aliphatic carbocycles. The molecular weight excluding hydrogens is 515 g/mol. The van der Waals surface area contributed by atoms with Crippen LogP contribution in [0.25, 0.3) is 22.2 Å². The maximum Gasteiger partial charge on any atom is 0.418 e. The number of rotatable bonds is 7. The van der Waals surface area contributed by atoms with Crippen LogP contribution >= 0.6 is 0 Å². The first-order chi connectivity index (χ1) is 16.9. The number of hydrogen-bond acceptors (Lipinski definition) is 3. The van der Waals surface area contributed by atoms with Crippen molar-refractivity contribution in [1.29, 1.82) is 0 Å². The fourth-order valence-electron chi connectivity index (χ4n) is 4.46. The van der Waals surface area contributed by atoms with Crippen LogP contribution in [0.4, 0.5) is 30.7 Å². The van der Waals surface area contributed by atoms with E-state index in [2.05, 4.69) is 4.98 Å². The molecule has 1 aromatic carbocycles. The normalized spacial score (nSPS) is 18.1. The molecule has 1 atom stereocenters. The number of fused-ring (bicyclic) bond motifs is 1. The van der Waals surface area contributed by atoms with Crippen LogP contribution in [-0.4, -0.2) is 29.6 Å². The molecule has 5 rings (SSSR count). The number of aromatic nitrogens is 2. The van der Waals surface area contributed by atoms with Crippen molar-refractivity contribution in [1.82, 2.24) is 14.3 Å². The minimum Gasteiger partial charge on any atom is -0.344 e. The summed E-state index contributed by atoms with van der Waals surface area (Å²) in [7, 11) is -4.04. The monoisotopic (exact) mass is 535 g/mol. The molecule has 0 aliphatic heterocycles. The van der Waals surface area contributed by atoms with E-state index in [1.54, 1.807) is 4.57 Å². The molecule has 2 saturated carbocycles. The van der Waals surface area contributed by atoms with E-state index < -0.39 is 62.4 Å². The van der Waals surface area contributed by atoms with Gasteiger partial charge in [-0.2, -0.15) is 13.2 Å². The molecule has 2 aromatic heterocycles. The van der Waals surface area contributed by atoms with Gasteiger partial charge in [0.05, 0.1) is 22.7 Å². The molecule has 3 aromatic rings. The molecule has 13 heteroatoms. The maximum absolute atomic E-state index is 15.3. The largest absolute Gasteiger partial charge is 0.418 e. The predicted molar refractivity (Wildman–Crippen MR) is 117 cm³/mol. The molecule has 0 radical (unpaired) electrons. The second-order valence-electron chi connectivity index (χ2n) is 9.15. The summed E-state index contributed by atoms with van der Waals surface area (Å²) < 4.78 is 126. The van der Waals surface area contributed by atoms with Crippen molar-refractivity contribution in [3.63, 3.8) is 0 Å². The third-order valence-electron chi connectivity index (χ3n) is 6.68. The van der Waals surface area contributed by atoms with Gasteiger partial charge in [0.2, 0.25) is 10.0 Å². The molecule has 0 amide bonds. The summed E-state index contributed by atoms with van der Waals surface area (Å²) in [5.41, 5.74) is -2.92. The van der Waals surface area contributed by atoms with Gasteiger partial charge in [-0.05, 0) is 50.3 Å². The second-order valence-corrected chi connectivity index (χ2v) is 11.1. The van der Waals surface area contributed by atoms with Crippen LogP contribution in [0.15, 0.2) is 30.6 Å². The molecule has 0 bridgehead atoms. The lowest BCUT2D eigenvalue weighted by atomic mass is 9.92. The van der Waals surface area contributed by atoms with Gasteiger partial charge in [-0.25, -0.2) is 30.7 Å². The third kappa shape index (κ3) is 4.47. The Morgan fingerprint density at radius 2 is 1.75 bits per heavy atom. The minimum absolute atomic E-state index is 0.0531. The van der Waals surface area contributed by atoms with E-state index in [1.165, 1.54) is 6.20 Å². The van der Waals surface area contributed by atoms with E-state index in [0.29, 0.717) is 31.9 Å². The van der Waals surface area contributed by atoms with Crippen molar-refractivity contribution in [2.75, 3.05) is 0 Å². The molecule has 2 heterocycles. The van der Waals surface area contributed by atoms with Gasteiger partial charge >= 0.3 is 6.18 Å². The molecule has 2 aliphatic rings. The van der Waals surface area contributed by atoms with Crippen LogP contribution < -0.4 is 4.72 Å². The van der Waals surface area contributed by atoms with Gasteiger partial charge in [0.25, 0.3) is 6.43 Å². The average Bonchev–Trinajstić information content (AvgIpc) is 3.55. The highest BCUT2D eigenvalue weighted by Gasteiger charge is 2.41. The molecule has 0 unspecified atom stereocenters. The average molecular weight is 535 g/mol. The first-order valence-electron chi connectivity index (χ1n) is 11.2. The van der Waals surface area contributed by atoms with Gasteiger partial charge in [-0.15, -0.1) is 0 Å². The number of nitrogens with one attached hydrogen (secondary N) is 1. The molecule has 0 saturated heterocycles. The van der Waals surface area contributed by atoms with Gasteiger partial charge in [-0.3, -0.25) is 4.98 Å². The van der Waals surface area contributed by atoms with Gasteiger partial charge in [0.1, 0.15) is 17.7 Å². The van der Waals surface area contributed by atoms with Crippen LogP contribution in [0, 0.1) is 11.6 Å². The van der Waals surface area contributed by atoms with E-state index in [-0.39, 0.29) is 28.6 Å². The highest BCUT2D eigenvalue weighted by atomic mass is 32.2. The SMILES string of the molecule is O=S(=O)(N[C@@H](c1cn(C2CCC2)c2cc(-c3ncc(F)cc3C(F)(F)F)c(F)cc12)C(F)F)C1CC1. The molecular formula is C23H20F7N3O2S. The Bertz CT molecular complexity index is 1430. The Morgan fingerprint density at radius 3 is 2.31 bits per heavy atom. The zero-order valence-corrected chi connectivity index (χ0v) is 19.3. The van der Waals surface area contributed by atoms with Gasteiger partial charge in [0.15, 0.2) is 0 Å². The topological polar surface area (TPSA) is 64.0 Å². The second kappa shape index (κ2) is 8.72. The van der Waals surface area contributed by atoms with Gasteiger partial charge in [0, 0.05) is 34.3 Å². The fourth-order valence-corrected chi connectivity index (χ4v) is 6.00. The number of sulfonamides is 1. The fraction of sp³-hybridized carbons (Fsp3) is 0.435. The maximum atomic E-state index is 15.3. The van der Waals surface area contributed by atoms with E-state index >= 15 is 4.39 Å². The molecule has 2 fully saturated rings. The quantitative estimate of drug-likeness (QED) is 0.371. The Hall–Kier alpha value is -2.67. The van der Waals surface area contributed by atoms with Crippen molar-refractivity contribution < 1.29 is 39.2 Å². The van der Waals surface area contributed by atoms with E-state index in [0.717, 1.165) is 18.6 Å². The lowest BCUT2D eigenvalue weighted by Gasteiger charge is -2.28. The van der Waals surface area contributed by atoms with Gasteiger partial charge < -0.3 is 4.57 Å². The molecule has 36 heavy (non-hydrogen) atoms. The zero-order valence-electron chi connectivity index (χ0n) is 18.5. The summed E-state index contributed by atoms with van der Waals surface area (Å²) in [6.45, 7) is 0. The van der Waals surface area contributed by atoms with Crippen LogP contribution in [-0.2, 0) is 16.2 Å². The van der Waals surface area contributed by atoms with Crippen molar-refractivity contribution >= 4 is 20.9 Å². The molecule has 194 valence electrons. The van der Waals surface area contributed by atoms with Crippen molar-refractivity contribution in [3.05, 3.63) is 53.4 Å². The Kier molecular flexibility index (Phi) is 6.05. The smallest absolute Gasteiger partial charge is 0.344 e. The summed E-state index contributed by atoms with van der Waals surface area (Å²) >= 11 is 0. The van der Waals surface area contributed by atoms with E-state index in [9.17, 15) is 34.8 Å². The first kappa shape index (κ1) is 25.0. The lowest BCUT2D eigenvalue weighted by molar-refractivity contribution is -0.137. The number of hydrogen-bond donors (Lipinski definition) is 1. The lowest BCUT2D eigenvalue weighted by Crippen LogP contribution is -2.35. The summed E-state index contributed by atoms with van der Waals surface area (Å²) in [6, 6.07) is -0.0661. The minimum atomic E-state index is -5.03. The number of alkyl halides is 5. The summed E-state index contributed by atoms with van der Waals surface area (Å²) in [6.07, 6.45) is -3.52. The third-order valence-corrected chi connectivity index (χ3v) is 8.61. The van der Waals surface area contributed by atoms with Crippen LogP contribution in [0.2, 0.25) is 0 Å². The Labute approximate surface area is 201 Å². The Balaban J connectivity index is 1.70. The number of pyridine rings is 1. The predicted octanol–water partition coefficient (Wildman–Crippen LogP) is 6.11. The van der Waals surface area contributed by atoms with Crippen molar-refractivity contribution in [3.8, 4) is 11.3 Å². The first-order valence-corrected chi connectivity index (χ1v) is 12.8. The van der Waals surface area contributed by atoms with E-state index in [1.807, 2.05) is 4.72 Å². The van der Waals surface area contributed by atoms with E-state index in [4.69, 9.17) is 0 Å². The van der Waals surface area contributed by atoms with Crippen LogP contribution in [0.1, 0.15) is 55.3 Å². The van der Waals surface area contributed by atoms with Crippen molar-refractivity contribution in [2.45, 2.75) is 62.0 Å². The standard InChI is InChI=1S/C23H20F7N3O2S/c24-11-6-17(23(28,29)30)20(31-9-11)15-8-19-14(7-18(15)25)16(10-33(19)12-2-1-3-12)21(22(26)27)32-36(34,35)13-4-5-13/h6-10,12-13,21-22,32H,1-5H2/t21-/m0/s1.